The van der Waals surface area contributed by atoms with Crippen molar-refractivity contribution in [2.45, 2.75) is 57.4 Å². The monoisotopic (exact) mass is 312 g/mol. The van der Waals surface area contributed by atoms with Gasteiger partial charge >= 0.3 is 0 Å². The van der Waals surface area contributed by atoms with E-state index in [1.807, 2.05) is 19.1 Å². The van der Waals surface area contributed by atoms with E-state index in [0.717, 1.165) is 32.2 Å². The zero-order valence-corrected chi connectivity index (χ0v) is 14.2. The molecule has 0 saturated carbocycles. The second-order valence-corrected chi connectivity index (χ2v) is 7.37. The highest BCUT2D eigenvalue weighted by Gasteiger charge is 2.12. The summed E-state index contributed by atoms with van der Waals surface area (Å²) in [5.74, 6) is 0. The molecule has 1 rings (SSSR count). The maximum atomic E-state index is 12.0. The van der Waals surface area contributed by atoms with Gasteiger partial charge in [-0.15, -0.1) is 0 Å². The Morgan fingerprint density at radius 3 is 2.29 bits per heavy atom. The van der Waals surface area contributed by atoms with Gasteiger partial charge in [0.05, 0.1) is 4.90 Å². The second-order valence-electron chi connectivity index (χ2n) is 5.61. The lowest BCUT2D eigenvalue weighted by Crippen LogP contribution is -2.24. The molecule has 1 aromatic carbocycles. The van der Waals surface area contributed by atoms with Crippen LogP contribution in [0.15, 0.2) is 29.2 Å². The van der Waals surface area contributed by atoms with Crippen molar-refractivity contribution in [3.05, 3.63) is 29.8 Å². The second kappa shape index (κ2) is 9.18. The molecule has 5 heteroatoms. The number of sulfonamides is 1. The van der Waals surface area contributed by atoms with Crippen LogP contribution < -0.4 is 10.0 Å². The Kier molecular flexibility index (Phi) is 7.93. The first kappa shape index (κ1) is 18.1. The van der Waals surface area contributed by atoms with E-state index in [0.29, 0.717) is 17.5 Å². The third-order valence-electron chi connectivity index (χ3n) is 3.25. The minimum Gasteiger partial charge on any atom is -0.315 e. The van der Waals surface area contributed by atoms with Gasteiger partial charge in [-0.25, -0.2) is 13.1 Å². The zero-order chi connectivity index (χ0) is 15.7. The van der Waals surface area contributed by atoms with Crippen LogP contribution in [0, 0.1) is 0 Å². The number of rotatable bonds is 10. The van der Waals surface area contributed by atoms with Gasteiger partial charge in [-0.2, -0.15) is 0 Å². The molecule has 2 N–H and O–H groups in total. The van der Waals surface area contributed by atoms with Crippen molar-refractivity contribution in [1.29, 1.82) is 0 Å². The molecular weight excluding hydrogens is 284 g/mol. The summed E-state index contributed by atoms with van der Waals surface area (Å²) in [6.45, 7) is 7.78. The summed E-state index contributed by atoms with van der Waals surface area (Å²) in [5, 5.41) is 3.37. The topological polar surface area (TPSA) is 58.2 Å². The predicted octanol–water partition coefficient (Wildman–Crippen LogP) is 2.70. The normalized spacial score (nSPS) is 12.0. The molecule has 0 aromatic heterocycles. The molecule has 21 heavy (non-hydrogen) atoms. The van der Waals surface area contributed by atoms with Crippen LogP contribution in [0.5, 0.6) is 0 Å². The molecule has 0 fully saturated rings. The summed E-state index contributed by atoms with van der Waals surface area (Å²) in [7, 11) is -3.35. The lowest BCUT2D eigenvalue weighted by Gasteiger charge is -2.09. The Morgan fingerprint density at radius 1 is 1.05 bits per heavy atom. The highest BCUT2D eigenvalue weighted by Crippen LogP contribution is 2.11. The Labute approximate surface area is 129 Å². The quantitative estimate of drug-likeness (QED) is 0.653. The molecule has 0 heterocycles. The van der Waals surface area contributed by atoms with Crippen molar-refractivity contribution in [1.82, 2.24) is 10.0 Å². The summed E-state index contributed by atoms with van der Waals surface area (Å²) in [5.41, 5.74) is 1.17. The Morgan fingerprint density at radius 2 is 1.71 bits per heavy atom. The summed E-state index contributed by atoms with van der Waals surface area (Å²) in [6, 6.07) is 7.71. The van der Waals surface area contributed by atoms with Gasteiger partial charge in [-0.3, -0.25) is 0 Å². The lowest BCUT2D eigenvalue weighted by molar-refractivity contribution is 0.570. The highest BCUT2D eigenvalue weighted by molar-refractivity contribution is 7.89. The molecule has 0 aliphatic carbocycles. The van der Waals surface area contributed by atoms with Crippen LogP contribution in [0.4, 0.5) is 0 Å². The van der Waals surface area contributed by atoms with Crippen LogP contribution >= 0.6 is 0 Å². The molecule has 0 bridgehead atoms. The average molecular weight is 312 g/mol. The van der Waals surface area contributed by atoms with Gasteiger partial charge < -0.3 is 5.32 Å². The van der Waals surface area contributed by atoms with Crippen LogP contribution in [0.3, 0.4) is 0 Å². The smallest absolute Gasteiger partial charge is 0.240 e. The van der Waals surface area contributed by atoms with Gasteiger partial charge in [0.2, 0.25) is 10.0 Å². The summed E-state index contributed by atoms with van der Waals surface area (Å²) < 4.78 is 26.7. The average Bonchev–Trinajstić information content (AvgIpc) is 2.44. The van der Waals surface area contributed by atoms with E-state index in [-0.39, 0.29) is 0 Å². The van der Waals surface area contributed by atoms with Crippen LogP contribution in [0.25, 0.3) is 0 Å². The molecule has 0 spiro atoms. The lowest BCUT2D eigenvalue weighted by atomic mass is 10.1. The van der Waals surface area contributed by atoms with E-state index in [1.54, 1.807) is 12.1 Å². The van der Waals surface area contributed by atoms with Crippen LogP contribution in [0.2, 0.25) is 0 Å². The summed E-state index contributed by atoms with van der Waals surface area (Å²) in [4.78, 5) is 0.350. The Balaban J connectivity index is 2.49. The van der Waals surface area contributed by atoms with Crippen molar-refractivity contribution >= 4 is 10.0 Å². The Hall–Kier alpha value is -0.910. The highest BCUT2D eigenvalue weighted by atomic mass is 32.2. The number of unbranched alkanes of at least 4 members (excludes halogenated alkanes) is 1. The first-order valence-corrected chi connectivity index (χ1v) is 9.26. The minimum absolute atomic E-state index is 0.350. The van der Waals surface area contributed by atoms with Gasteiger partial charge in [0.25, 0.3) is 0 Å². The zero-order valence-electron chi connectivity index (χ0n) is 13.4. The third-order valence-corrected chi connectivity index (χ3v) is 4.73. The van der Waals surface area contributed by atoms with Crippen molar-refractivity contribution in [3.8, 4) is 0 Å². The number of benzene rings is 1. The van der Waals surface area contributed by atoms with Gasteiger partial charge in [0.1, 0.15) is 0 Å². The molecule has 1 aromatic rings. The molecule has 0 aliphatic rings. The largest absolute Gasteiger partial charge is 0.315 e. The first-order chi connectivity index (χ1) is 9.95. The minimum atomic E-state index is -3.35. The number of hydrogen-bond acceptors (Lipinski definition) is 3. The van der Waals surface area contributed by atoms with E-state index in [2.05, 4.69) is 23.9 Å². The fourth-order valence-corrected chi connectivity index (χ4v) is 3.06. The van der Waals surface area contributed by atoms with Crippen molar-refractivity contribution < 1.29 is 8.42 Å². The van der Waals surface area contributed by atoms with Crippen molar-refractivity contribution in [3.63, 3.8) is 0 Å². The Bertz CT molecular complexity index is 496. The van der Waals surface area contributed by atoms with Crippen molar-refractivity contribution in [2.75, 3.05) is 13.1 Å². The maximum absolute atomic E-state index is 12.0. The predicted molar refractivity (Wildman–Crippen MR) is 88.0 cm³/mol. The number of aryl methyl sites for hydroxylation is 1. The first-order valence-electron chi connectivity index (χ1n) is 7.77. The van der Waals surface area contributed by atoms with Gasteiger partial charge in [0, 0.05) is 12.6 Å². The standard InChI is InChI=1S/C16H28N2O2S/c1-4-5-13-18-21(19,20)16-10-8-15(9-11-16)7-6-12-17-14(2)3/h8-11,14,17-18H,4-7,12-13H2,1-3H3. The summed E-state index contributed by atoms with van der Waals surface area (Å²) in [6.07, 6.45) is 3.86. The fourth-order valence-electron chi connectivity index (χ4n) is 1.99. The molecule has 0 amide bonds. The van der Waals surface area contributed by atoms with Gasteiger partial charge in [-0.05, 0) is 43.5 Å². The SMILES string of the molecule is CCCCNS(=O)(=O)c1ccc(CCCNC(C)C)cc1. The van der Waals surface area contributed by atoms with Crippen molar-refractivity contribution in [2.24, 2.45) is 0 Å². The molecule has 0 saturated heterocycles. The molecule has 4 nitrogen and oxygen atoms in total. The van der Waals surface area contributed by atoms with Crippen LogP contribution in [0.1, 0.15) is 45.6 Å². The summed E-state index contributed by atoms with van der Waals surface area (Å²) >= 11 is 0. The van der Waals surface area contributed by atoms with E-state index < -0.39 is 10.0 Å². The van der Waals surface area contributed by atoms with E-state index >= 15 is 0 Å². The van der Waals surface area contributed by atoms with E-state index in [4.69, 9.17) is 0 Å². The van der Waals surface area contributed by atoms with Gasteiger partial charge in [-0.1, -0.05) is 39.3 Å². The van der Waals surface area contributed by atoms with Crippen LogP contribution in [-0.4, -0.2) is 27.5 Å². The van der Waals surface area contributed by atoms with Gasteiger partial charge in [0.15, 0.2) is 0 Å². The molecule has 0 atom stereocenters. The third kappa shape index (κ3) is 7.07. The molecule has 0 radical (unpaired) electrons. The fraction of sp³-hybridized carbons (Fsp3) is 0.625. The molecule has 120 valence electrons. The molecule has 0 aliphatic heterocycles. The number of nitrogens with one attached hydrogen (secondary N) is 2. The van der Waals surface area contributed by atoms with E-state index in [9.17, 15) is 8.42 Å². The van der Waals surface area contributed by atoms with E-state index in [1.165, 1.54) is 5.56 Å². The number of hydrogen-bond donors (Lipinski definition) is 2. The van der Waals surface area contributed by atoms with Crippen LogP contribution in [-0.2, 0) is 16.4 Å². The molecule has 0 unspecified atom stereocenters. The molecular formula is C16H28N2O2S. The maximum Gasteiger partial charge on any atom is 0.240 e.